The van der Waals surface area contributed by atoms with Gasteiger partial charge in [0.1, 0.15) is 5.82 Å². The maximum absolute atomic E-state index is 13.1. The Balaban J connectivity index is 1.87. The fourth-order valence-electron chi connectivity index (χ4n) is 2.43. The second-order valence-electron chi connectivity index (χ2n) is 7.03. The van der Waals surface area contributed by atoms with Crippen molar-refractivity contribution in [3.05, 3.63) is 71.0 Å². The lowest BCUT2D eigenvalue weighted by Gasteiger charge is -2.19. The minimum atomic E-state index is -0.245. The number of hydrogen-bond acceptors (Lipinski definition) is 2. The minimum absolute atomic E-state index is 0.123. The van der Waals surface area contributed by atoms with E-state index in [4.69, 9.17) is 0 Å². The van der Waals surface area contributed by atoms with Gasteiger partial charge in [0.05, 0.1) is 6.54 Å². The lowest BCUT2D eigenvalue weighted by atomic mass is 9.87. The lowest BCUT2D eigenvalue weighted by molar-refractivity contribution is 0.229. The molecule has 0 aromatic heterocycles. The van der Waals surface area contributed by atoms with Crippen molar-refractivity contribution in [1.82, 2.24) is 10.8 Å². The molecule has 25 heavy (non-hydrogen) atoms. The van der Waals surface area contributed by atoms with Gasteiger partial charge in [0.2, 0.25) is 5.96 Å². The van der Waals surface area contributed by atoms with Gasteiger partial charge in [0, 0.05) is 6.54 Å². The number of nitrogens with one attached hydrogen (secondary N) is 2. The van der Waals surface area contributed by atoms with Gasteiger partial charge < -0.3 is 5.32 Å². The van der Waals surface area contributed by atoms with E-state index in [1.807, 2.05) is 18.2 Å². The summed E-state index contributed by atoms with van der Waals surface area (Å²) in [5.41, 5.74) is 5.42. The number of hydrogen-bond donors (Lipinski definition) is 3. The highest BCUT2D eigenvalue weighted by molar-refractivity contribution is 5.78. The number of nitrogens with zero attached hydrogens (tertiary/aromatic N) is 1. The Morgan fingerprint density at radius 3 is 2.40 bits per heavy atom. The molecule has 2 aromatic carbocycles. The molecule has 0 fully saturated rings. The molecular formula is C20H26FN3O. The number of halogens is 1. The molecule has 0 aliphatic heterocycles. The lowest BCUT2D eigenvalue weighted by Crippen LogP contribution is -2.36. The molecule has 4 nitrogen and oxygen atoms in total. The van der Waals surface area contributed by atoms with Gasteiger partial charge in [-0.1, -0.05) is 57.2 Å². The van der Waals surface area contributed by atoms with Crippen LogP contribution in [0.3, 0.4) is 0 Å². The normalized spacial score (nSPS) is 12.1. The topological polar surface area (TPSA) is 56.7 Å². The number of guanidine groups is 1. The zero-order valence-electron chi connectivity index (χ0n) is 15.0. The number of hydroxylamine groups is 1. The maximum Gasteiger partial charge on any atom is 0.215 e. The average molecular weight is 343 g/mol. The van der Waals surface area contributed by atoms with Gasteiger partial charge in [0.15, 0.2) is 0 Å². The van der Waals surface area contributed by atoms with Crippen molar-refractivity contribution < 1.29 is 9.60 Å². The summed E-state index contributed by atoms with van der Waals surface area (Å²) >= 11 is 0. The molecule has 0 unspecified atom stereocenters. The molecule has 0 atom stereocenters. The number of aliphatic imine (C=N–C) groups is 1. The SMILES string of the molecule is CC(C)(C)c1ccc(CN=C(NO)NCCc2cccc(F)c2)cc1. The predicted octanol–water partition coefficient (Wildman–Crippen LogP) is 3.79. The van der Waals surface area contributed by atoms with Crippen molar-refractivity contribution in [2.75, 3.05) is 6.54 Å². The first-order chi connectivity index (χ1) is 11.9. The molecule has 0 radical (unpaired) electrons. The van der Waals surface area contributed by atoms with Crippen LogP contribution in [0.2, 0.25) is 0 Å². The van der Waals surface area contributed by atoms with Gasteiger partial charge in [-0.05, 0) is 40.7 Å². The summed E-state index contributed by atoms with van der Waals surface area (Å²) in [6.07, 6.45) is 0.638. The summed E-state index contributed by atoms with van der Waals surface area (Å²) in [4.78, 5) is 4.32. The summed E-state index contributed by atoms with van der Waals surface area (Å²) in [5, 5.41) is 12.2. The van der Waals surface area contributed by atoms with Gasteiger partial charge in [-0.25, -0.2) is 14.9 Å². The van der Waals surface area contributed by atoms with E-state index in [1.54, 1.807) is 6.07 Å². The summed E-state index contributed by atoms with van der Waals surface area (Å²) < 4.78 is 13.1. The van der Waals surface area contributed by atoms with Gasteiger partial charge >= 0.3 is 0 Å². The number of benzene rings is 2. The second-order valence-corrected chi connectivity index (χ2v) is 7.03. The molecule has 0 saturated heterocycles. The second kappa shape index (κ2) is 8.62. The Kier molecular flexibility index (Phi) is 6.53. The molecule has 0 spiro atoms. The third kappa shape index (κ3) is 6.19. The first kappa shape index (κ1) is 18.9. The smallest absolute Gasteiger partial charge is 0.215 e. The van der Waals surface area contributed by atoms with E-state index in [-0.39, 0.29) is 11.2 Å². The Bertz CT molecular complexity index is 706. The maximum atomic E-state index is 13.1. The van der Waals surface area contributed by atoms with E-state index >= 15 is 0 Å². The van der Waals surface area contributed by atoms with Gasteiger partial charge in [-0.3, -0.25) is 5.21 Å². The molecule has 2 rings (SSSR count). The van der Waals surface area contributed by atoms with Crippen molar-refractivity contribution in [2.45, 2.75) is 39.2 Å². The molecule has 0 aliphatic carbocycles. The zero-order valence-corrected chi connectivity index (χ0v) is 15.0. The van der Waals surface area contributed by atoms with Crippen LogP contribution < -0.4 is 10.8 Å². The van der Waals surface area contributed by atoms with E-state index in [1.165, 1.54) is 17.7 Å². The number of rotatable bonds is 5. The fraction of sp³-hybridized carbons (Fsp3) is 0.350. The predicted molar refractivity (Wildman–Crippen MR) is 99.3 cm³/mol. The molecule has 0 saturated carbocycles. The minimum Gasteiger partial charge on any atom is -0.354 e. The van der Waals surface area contributed by atoms with Gasteiger partial charge in [-0.2, -0.15) is 0 Å². The summed E-state index contributed by atoms with van der Waals surface area (Å²) in [7, 11) is 0. The molecule has 3 N–H and O–H groups in total. The fourth-order valence-corrected chi connectivity index (χ4v) is 2.43. The molecular weight excluding hydrogens is 317 g/mol. The standard InChI is InChI=1S/C20H26FN3O/c1-20(2,3)17-9-7-16(8-10-17)14-23-19(24-25)22-12-11-15-5-4-6-18(21)13-15/h4-10,13,25H,11-12,14H2,1-3H3,(H2,22,23,24). The summed E-state index contributed by atoms with van der Waals surface area (Å²) in [6, 6.07) is 14.8. The Morgan fingerprint density at radius 2 is 1.80 bits per heavy atom. The molecule has 0 aliphatic rings. The van der Waals surface area contributed by atoms with Crippen LogP contribution in [0.25, 0.3) is 0 Å². The van der Waals surface area contributed by atoms with E-state index in [9.17, 15) is 9.60 Å². The van der Waals surface area contributed by atoms with Crippen molar-refractivity contribution in [1.29, 1.82) is 0 Å². The van der Waals surface area contributed by atoms with Crippen LogP contribution in [0.5, 0.6) is 0 Å². The molecule has 134 valence electrons. The van der Waals surface area contributed by atoms with Crippen molar-refractivity contribution >= 4 is 5.96 Å². The van der Waals surface area contributed by atoms with E-state index < -0.39 is 0 Å². The Hall–Kier alpha value is -2.40. The molecule has 2 aromatic rings. The van der Waals surface area contributed by atoms with Crippen LogP contribution in [0.4, 0.5) is 4.39 Å². The first-order valence-corrected chi connectivity index (χ1v) is 8.41. The molecule has 5 heteroatoms. The van der Waals surface area contributed by atoms with Crippen LogP contribution in [-0.4, -0.2) is 17.7 Å². The monoisotopic (exact) mass is 343 g/mol. The molecule has 0 bridgehead atoms. The van der Waals surface area contributed by atoms with Gasteiger partial charge in [-0.15, -0.1) is 0 Å². The molecule has 0 heterocycles. The Labute approximate surface area is 148 Å². The van der Waals surface area contributed by atoms with E-state index in [0.29, 0.717) is 25.5 Å². The van der Waals surface area contributed by atoms with Crippen molar-refractivity contribution in [3.63, 3.8) is 0 Å². The van der Waals surface area contributed by atoms with E-state index in [2.05, 4.69) is 48.7 Å². The zero-order chi connectivity index (χ0) is 18.3. The van der Waals surface area contributed by atoms with Crippen LogP contribution in [0.1, 0.15) is 37.5 Å². The summed E-state index contributed by atoms with van der Waals surface area (Å²) in [5.74, 6) is 0.0571. The van der Waals surface area contributed by atoms with Crippen LogP contribution in [0, 0.1) is 5.82 Å². The first-order valence-electron chi connectivity index (χ1n) is 8.41. The van der Waals surface area contributed by atoms with Crippen molar-refractivity contribution in [2.24, 2.45) is 4.99 Å². The van der Waals surface area contributed by atoms with Crippen LogP contribution in [0.15, 0.2) is 53.5 Å². The van der Waals surface area contributed by atoms with Crippen LogP contribution in [-0.2, 0) is 18.4 Å². The van der Waals surface area contributed by atoms with Gasteiger partial charge in [0.25, 0.3) is 0 Å². The highest BCUT2D eigenvalue weighted by atomic mass is 19.1. The van der Waals surface area contributed by atoms with Crippen molar-refractivity contribution in [3.8, 4) is 0 Å². The third-order valence-electron chi connectivity index (χ3n) is 3.94. The van der Waals surface area contributed by atoms with Crippen LogP contribution >= 0.6 is 0 Å². The highest BCUT2D eigenvalue weighted by Crippen LogP contribution is 2.22. The summed E-state index contributed by atoms with van der Waals surface area (Å²) in [6.45, 7) is 7.53. The largest absolute Gasteiger partial charge is 0.354 e. The van der Waals surface area contributed by atoms with E-state index in [0.717, 1.165) is 11.1 Å². The Morgan fingerprint density at radius 1 is 1.08 bits per heavy atom. The highest BCUT2D eigenvalue weighted by Gasteiger charge is 2.12. The quantitative estimate of drug-likeness (QED) is 0.440. The molecule has 0 amide bonds. The average Bonchev–Trinajstić information content (AvgIpc) is 2.57. The third-order valence-corrected chi connectivity index (χ3v) is 3.94.